The molecule has 0 spiro atoms. The van der Waals surface area contributed by atoms with Crippen LogP contribution in [-0.4, -0.2) is 46.1 Å². The molecule has 146 valence electrons. The molecule has 0 aromatic heterocycles. The highest BCUT2D eigenvalue weighted by atomic mass is 32.2. The van der Waals surface area contributed by atoms with Gasteiger partial charge in [-0.25, -0.2) is 8.42 Å². The van der Waals surface area contributed by atoms with E-state index in [-0.39, 0.29) is 11.0 Å². The van der Waals surface area contributed by atoms with E-state index in [1.807, 2.05) is 31.2 Å². The fourth-order valence-electron chi connectivity index (χ4n) is 3.12. The van der Waals surface area contributed by atoms with Gasteiger partial charge in [-0.15, -0.1) is 0 Å². The monoisotopic (exact) mass is 391 g/mol. The molecule has 1 aliphatic heterocycles. The largest absolute Gasteiger partial charge is 0.497 e. The van der Waals surface area contributed by atoms with Gasteiger partial charge in [-0.2, -0.15) is 4.31 Å². The summed E-state index contributed by atoms with van der Waals surface area (Å²) in [7, 11) is -0.700. The zero-order valence-electron chi connectivity index (χ0n) is 15.8. The quantitative estimate of drug-likeness (QED) is 0.756. The van der Waals surface area contributed by atoms with Gasteiger partial charge >= 0.3 is 0 Å². The Labute approximate surface area is 160 Å². The lowest BCUT2D eigenvalue weighted by atomic mass is 10.1. The predicted molar refractivity (Wildman–Crippen MR) is 103 cm³/mol. The Bertz CT molecular complexity index is 872. The van der Waals surface area contributed by atoms with Crippen molar-refractivity contribution in [2.24, 2.45) is 0 Å². The SMILES string of the molecule is COc1ccc(OC)c(S(=O)(=O)N2CCC(Oc3ccc(C)cc3)CC2)c1. The number of ether oxygens (including phenoxy) is 3. The minimum atomic E-state index is -3.67. The van der Waals surface area contributed by atoms with Crippen LogP contribution in [0.4, 0.5) is 0 Å². The molecule has 1 aliphatic rings. The van der Waals surface area contributed by atoms with Crippen molar-refractivity contribution in [1.82, 2.24) is 4.31 Å². The standard InChI is InChI=1S/C20H25NO5S/c1-15-4-6-16(7-5-15)26-17-10-12-21(13-11-17)27(22,23)20-14-18(24-2)8-9-19(20)25-3/h4-9,14,17H,10-13H2,1-3H3. The van der Waals surface area contributed by atoms with E-state index in [1.165, 1.54) is 30.2 Å². The summed E-state index contributed by atoms with van der Waals surface area (Å²) < 4.78 is 44.1. The maximum Gasteiger partial charge on any atom is 0.246 e. The van der Waals surface area contributed by atoms with Crippen molar-refractivity contribution < 1.29 is 22.6 Å². The number of hydrogen-bond acceptors (Lipinski definition) is 5. The Kier molecular flexibility index (Phi) is 5.92. The molecule has 2 aromatic rings. The van der Waals surface area contributed by atoms with Crippen molar-refractivity contribution in [3.63, 3.8) is 0 Å². The van der Waals surface area contributed by atoms with Crippen LogP contribution in [0, 0.1) is 6.92 Å². The van der Waals surface area contributed by atoms with Gasteiger partial charge in [0.15, 0.2) is 0 Å². The first-order valence-electron chi connectivity index (χ1n) is 8.89. The number of benzene rings is 2. The minimum Gasteiger partial charge on any atom is -0.497 e. The second-order valence-corrected chi connectivity index (χ2v) is 8.46. The van der Waals surface area contributed by atoms with Crippen LogP contribution < -0.4 is 14.2 Å². The van der Waals surface area contributed by atoms with E-state index in [4.69, 9.17) is 14.2 Å². The lowest BCUT2D eigenvalue weighted by molar-refractivity contribution is 0.135. The molecule has 27 heavy (non-hydrogen) atoms. The van der Waals surface area contributed by atoms with Crippen molar-refractivity contribution in [2.45, 2.75) is 30.8 Å². The van der Waals surface area contributed by atoms with Gasteiger partial charge in [-0.3, -0.25) is 0 Å². The summed E-state index contributed by atoms with van der Waals surface area (Å²) in [6.07, 6.45) is 1.28. The van der Waals surface area contributed by atoms with Crippen molar-refractivity contribution in [3.8, 4) is 17.2 Å². The zero-order chi connectivity index (χ0) is 19.4. The average Bonchev–Trinajstić information content (AvgIpc) is 2.69. The first-order chi connectivity index (χ1) is 12.9. The molecule has 0 atom stereocenters. The van der Waals surface area contributed by atoms with E-state index < -0.39 is 10.0 Å². The van der Waals surface area contributed by atoms with Crippen LogP contribution in [0.1, 0.15) is 18.4 Å². The Morgan fingerprint density at radius 1 is 0.926 bits per heavy atom. The van der Waals surface area contributed by atoms with E-state index in [9.17, 15) is 8.42 Å². The molecule has 0 aliphatic carbocycles. The van der Waals surface area contributed by atoms with E-state index >= 15 is 0 Å². The van der Waals surface area contributed by atoms with E-state index in [2.05, 4.69) is 0 Å². The Morgan fingerprint density at radius 2 is 1.56 bits per heavy atom. The topological polar surface area (TPSA) is 65.1 Å². The molecule has 0 N–H and O–H groups in total. The third-order valence-corrected chi connectivity index (χ3v) is 6.63. The summed E-state index contributed by atoms with van der Waals surface area (Å²) in [5.74, 6) is 1.61. The second-order valence-electron chi connectivity index (χ2n) is 6.55. The minimum absolute atomic E-state index is 0.00589. The smallest absolute Gasteiger partial charge is 0.246 e. The number of nitrogens with zero attached hydrogens (tertiary/aromatic N) is 1. The zero-order valence-corrected chi connectivity index (χ0v) is 16.7. The fraction of sp³-hybridized carbons (Fsp3) is 0.400. The van der Waals surface area contributed by atoms with Crippen LogP contribution >= 0.6 is 0 Å². The van der Waals surface area contributed by atoms with Gasteiger partial charge in [-0.05, 0) is 44.0 Å². The predicted octanol–water partition coefficient (Wildman–Crippen LogP) is 3.24. The first-order valence-corrected chi connectivity index (χ1v) is 10.3. The fourth-order valence-corrected chi connectivity index (χ4v) is 4.76. The third-order valence-electron chi connectivity index (χ3n) is 4.71. The van der Waals surface area contributed by atoms with Crippen molar-refractivity contribution >= 4 is 10.0 Å². The summed E-state index contributed by atoms with van der Waals surface area (Å²) in [5.41, 5.74) is 1.18. The summed E-state index contributed by atoms with van der Waals surface area (Å²) in [4.78, 5) is 0.127. The second kappa shape index (κ2) is 8.19. The summed E-state index contributed by atoms with van der Waals surface area (Å²) in [5, 5.41) is 0. The number of rotatable bonds is 6. The van der Waals surface area contributed by atoms with E-state index in [0.717, 1.165) is 5.75 Å². The molecule has 1 heterocycles. The summed E-state index contributed by atoms with van der Waals surface area (Å²) in [6, 6.07) is 12.7. The maximum absolute atomic E-state index is 13.1. The van der Waals surface area contributed by atoms with Gasteiger partial charge < -0.3 is 14.2 Å². The van der Waals surface area contributed by atoms with E-state index in [0.29, 0.717) is 37.4 Å². The summed E-state index contributed by atoms with van der Waals surface area (Å²) in [6.45, 7) is 2.83. The maximum atomic E-state index is 13.1. The third kappa shape index (κ3) is 4.36. The molecule has 6 nitrogen and oxygen atoms in total. The lowest BCUT2D eigenvalue weighted by Gasteiger charge is -2.31. The summed E-state index contributed by atoms with van der Waals surface area (Å²) >= 11 is 0. The highest BCUT2D eigenvalue weighted by molar-refractivity contribution is 7.89. The molecule has 0 radical (unpaired) electrons. The van der Waals surface area contributed by atoms with Gasteiger partial charge in [0.2, 0.25) is 10.0 Å². The van der Waals surface area contributed by atoms with E-state index in [1.54, 1.807) is 12.1 Å². The Morgan fingerprint density at radius 3 is 2.15 bits per heavy atom. The van der Waals surface area contributed by atoms with Gasteiger partial charge in [0.25, 0.3) is 0 Å². The van der Waals surface area contributed by atoms with Gasteiger partial charge in [0.05, 0.1) is 14.2 Å². The molecule has 2 aromatic carbocycles. The molecule has 3 rings (SSSR count). The molecule has 0 unspecified atom stereocenters. The normalized spacial score (nSPS) is 16.1. The highest BCUT2D eigenvalue weighted by Gasteiger charge is 2.32. The number of aryl methyl sites for hydroxylation is 1. The molecule has 0 saturated carbocycles. The first kappa shape index (κ1) is 19.5. The van der Waals surface area contributed by atoms with Crippen molar-refractivity contribution in [1.29, 1.82) is 0 Å². The van der Waals surface area contributed by atoms with Gasteiger partial charge in [-0.1, -0.05) is 17.7 Å². The van der Waals surface area contributed by atoms with Crippen LogP contribution in [0.2, 0.25) is 0 Å². The molecule has 1 saturated heterocycles. The van der Waals surface area contributed by atoms with Crippen LogP contribution in [0.3, 0.4) is 0 Å². The number of hydrogen-bond donors (Lipinski definition) is 0. The Hall–Kier alpha value is -2.25. The van der Waals surface area contributed by atoms with Gasteiger partial charge in [0, 0.05) is 19.2 Å². The molecule has 1 fully saturated rings. The van der Waals surface area contributed by atoms with Crippen LogP contribution in [0.5, 0.6) is 17.2 Å². The number of methoxy groups -OCH3 is 2. The highest BCUT2D eigenvalue weighted by Crippen LogP contribution is 2.32. The average molecular weight is 391 g/mol. The van der Waals surface area contributed by atoms with Crippen LogP contribution in [-0.2, 0) is 10.0 Å². The van der Waals surface area contributed by atoms with Gasteiger partial charge in [0.1, 0.15) is 28.2 Å². The number of sulfonamides is 1. The number of piperidine rings is 1. The van der Waals surface area contributed by atoms with Crippen molar-refractivity contribution in [3.05, 3.63) is 48.0 Å². The van der Waals surface area contributed by atoms with Crippen molar-refractivity contribution in [2.75, 3.05) is 27.3 Å². The molecular weight excluding hydrogens is 366 g/mol. The molecular formula is C20H25NO5S. The van der Waals surface area contributed by atoms with Crippen LogP contribution in [0.25, 0.3) is 0 Å². The Balaban J connectivity index is 1.70. The molecule has 0 bridgehead atoms. The molecule has 7 heteroatoms. The van der Waals surface area contributed by atoms with Crippen LogP contribution in [0.15, 0.2) is 47.4 Å². The molecule has 0 amide bonds. The lowest BCUT2D eigenvalue weighted by Crippen LogP contribution is -2.41.